The Morgan fingerprint density at radius 2 is 2.12 bits per heavy atom. The van der Waals surface area contributed by atoms with E-state index in [1.165, 1.54) is 0 Å². The Kier molecular flexibility index (Phi) is 5.85. The summed E-state index contributed by atoms with van der Waals surface area (Å²) in [4.78, 5) is 17.1. The fourth-order valence-corrected chi connectivity index (χ4v) is 3.76. The number of aromatic nitrogens is 3. The van der Waals surface area contributed by atoms with Crippen molar-refractivity contribution in [2.45, 2.75) is 31.1 Å². The lowest BCUT2D eigenvalue weighted by Gasteiger charge is -2.19. The molecule has 1 aliphatic carbocycles. The predicted molar refractivity (Wildman–Crippen MR) is 104 cm³/mol. The fourth-order valence-electron chi connectivity index (χ4n) is 3.56. The van der Waals surface area contributed by atoms with Crippen LogP contribution in [0.1, 0.15) is 42.5 Å². The van der Waals surface area contributed by atoms with Crippen molar-refractivity contribution >= 4 is 35.9 Å². The third kappa shape index (κ3) is 4.03. The molecule has 8 heteroatoms. The van der Waals surface area contributed by atoms with Gasteiger partial charge in [0, 0.05) is 23.9 Å². The summed E-state index contributed by atoms with van der Waals surface area (Å²) in [6, 6.07) is 7.75. The highest BCUT2D eigenvalue weighted by molar-refractivity contribution is 6.30. The van der Waals surface area contributed by atoms with Gasteiger partial charge in [-0.3, -0.25) is 10.1 Å². The van der Waals surface area contributed by atoms with Gasteiger partial charge in [-0.05, 0) is 56.0 Å². The third-order valence-corrected chi connectivity index (χ3v) is 5.36. The van der Waals surface area contributed by atoms with Crippen LogP contribution in [0.4, 0.5) is 5.95 Å². The Balaban J connectivity index is 0.00000196. The van der Waals surface area contributed by atoms with Crippen molar-refractivity contribution < 1.29 is 4.79 Å². The van der Waals surface area contributed by atoms with Gasteiger partial charge in [-0.25, -0.2) is 4.68 Å². The molecular weight excluding hydrogens is 373 g/mol. The number of halogens is 2. The third-order valence-electron chi connectivity index (χ3n) is 5.12. The van der Waals surface area contributed by atoms with Crippen LogP contribution >= 0.6 is 24.0 Å². The summed E-state index contributed by atoms with van der Waals surface area (Å²) in [6.45, 7) is 1.99. The quantitative estimate of drug-likeness (QED) is 0.833. The van der Waals surface area contributed by atoms with Gasteiger partial charge in [-0.15, -0.1) is 12.4 Å². The predicted octanol–water partition coefficient (Wildman–Crippen LogP) is 3.10. The zero-order chi connectivity index (χ0) is 17.4. The van der Waals surface area contributed by atoms with E-state index in [0.29, 0.717) is 16.9 Å². The van der Waals surface area contributed by atoms with Crippen molar-refractivity contribution in [3.8, 4) is 0 Å². The minimum atomic E-state index is -0.0162. The monoisotopic (exact) mass is 395 g/mol. The molecule has 2 N–H and O–H groups in total. The number of nitrogens with one attached hydrogen (secondary N) is 2. The SMILES string of the molecule is Cl.Cn1nc(C2CCNCC2)nc1NC(=O)C1CC1c1cccc(Cl)c1. The highest BCUT2D eigenvalue weighted by atomic mass is 35.5. The number of aryl methyl sites for hydroxylation is 1. The Bertz CT molecular complexity index is 788. The fraction of sp³-hybridized carbons (Fsp3) is 0.500. The Hall–Kier alpha value is -1.63. The van der Waals surface area contributed by atoms with Crippen molar-refractivity contribution in [1.82, 2.24) is 20.1 Å². The van der Waals surface area contributed by atoms with E-state index < -0.39 is 0 Å². The van der Waals surface area contributed by atoms with E-state index in [9.17, 15) is 4.79 Å². The van der Waals surface area contributed by atoms with Crippen LogP contribution in [0.3, 0.4) is 0 Å². The molecule has 26 heavy (non-hydrogen) atoms. The molecule has 6 nitrogen and oxygen atoms in total. The number of piperidine rings is 1. The van der Waals surface area contributed by atoms with E-state index in [1.54, 1.807) is 4.68 Å². The number of anilines is 1. The summed E-state index contributed by atoms with van der Waals surface area (Å²) in [5.41, 5.74) is 1.13. The van der Waals surface area contributed by atoms with Crippen molar-refractivity contribution in [2.75, 3.05) is 18.4 Å². The van der Waals surface area contributed by atoms with Crippen molar-refractivity contribution in [2.24, 2.45) is 13.0 Å². The van der Waals surface area contributed by atoms with Crippen molar-refractivity contribution in [3.63, 3.8) is 0 Å². The molecular formula is C18H23Cl2N5O. The average molecular weight is 396 g/mol. The second-order valence-corrected chi connectivity index (χ2v) is 7.37. The van der Waals surface area contributed by atoms with Crippen LogP contribution in [0.25, 0.3) is 0 Å². The molecule has 1 aliphatic heterocycles. The van der Waals surface area contributed by atoms with E-state index in [2.05, 4.69) is 20.7 Å². The molecule has 0 bridgehead atoms. The molecule has 1 saturated heterocycles. The van der Waals surface area contributed by atoms with Gasteiger partial charge >= 0.3 is 0 Å². The first-order valence-corrected chi connectivity index (χ1v) is 9.17. The lowest BCUT2D eigenvalue weighted by atomic mass is 9.98. The molecule has 2 fully saturated rings. The first kappa shape index (κ1) is 19.1. The minimum Gasteiger partial charge on any atom is -0.317 e. The largest absolute Gasteiger partial charge is 0.317 e. The van der Waals surface area contributed by atoms with Gasteiger partial charge in [-0.1, -0.05) is 23.7 Å². The zero-order valence-corrected chi connectivity index (χ0v) is 16.2. The second kappa shape index (κ2) is 7.94. The number of carbonyl (C=O) groups excluding carboxylic acids is 1. The lowest BCUT2D eigenvalue weighted by molar-refractivity contribution is -0.117. The number of amides is 1. The second-order valence-electron chi connectivity index (χ2n) is 6.93. The number of nitrogens with zero attached hydrogens (tertiary/aromatic N) is 3. The highest BCUT2D eigenvalue weighted by Gasteiger charge is 2.44. The topological polar surface area (TPSA) is 71.8 Å². The smallest absolute Gasteiger partial charge is 0.230 e. The molecule has 2 atom stereocenters. The van der Waals surface area contributed by atoms with Gasteiger partial charge in [0.15, 0.2) is 5.82 Å². The molecule has 2 aromatic rings. The van der Waals surface area contributed by atoms with Gasteiger partial charge < -0.3 is 5.32 Å². The summed E-state index contributed by atoms with van der Waals surface area (Å²) in [5.74, 6) is 1.99. The maximum absolute atomic E-state index is 12.5. The van der Waals surface area contributed by atoms with Crippen LogP contribution in [0, 0.1) is 5.92 Å². The summed E-state index contributed by atoms with van der Waals surface area (Å²) < 4.78 is 1.67. The van der Waals surface area contributed by atoms with Gasteiger partial charge in [-0.2, -0.15) is 10.1 Å². The molecule has 4 rings (SSSR count). The highest BCUT2D eigenvalue weighted by Crippen LogP contribution is 2.48. The van der Waals surface area contributed by atoms with Gasteiger partial charge in [0.25, 0.3) is 0 Å². The van der Waals surface area contributed by atoms with E-state index >= 15 is 0 Å². The van der Waals surface area contributed by atoms with Crippen LogP contribution < -0.4 is 10.6 Å². The molecule has 1 amide bonds. The normalized spacial score (nSPS) is 22.5. The molecule has 0 radical (unpaired) electrons. The Morgan fingerprint density at radius 1 is 1.35 bits per heavy atom. The zero-order valence-electron chi connectivity index (χ0n) is 14.6. The van der Waals surface area contributed by atoms with Crippen LogP contribution in [0.15, 0.2) is 24.3 Å². The summed E-state index contributed by atoms with van der Waals surface area (Å²) in [7, 11) is 1.83. The summed E-state index contributed by atoms with van der Waals surface area (Å²) >= 11 is 6.04. The molecule has 1 saturated carbocycles. The average Bonchev–Trinajstić information content (AvgIpc) is 3.34. The maximum Gasteiger partial charge on any atom is 0.230 e. The van der Waals surface area contributed by atoms with Crippen LogP contribution in [-0.2, 0) is 11.8 Å². The molecule has 2 aliphatic rings. The molecule has 1 aromatic heterocycles. The maximum atomic E-state index is 12.5. The summed E-state index contributed by atoms with van der Waals surface area (Å²) in [6.07, 6.45) is 2.93. The summed E-state index contributed by atoms with van der Waals surface area (Å²) in [5, 5.41) is 11.5. The number of benzene rings is 1. The number of hydrogen-bond donors (Lipinski definition) is 2. The molecule has 140 valence electrons. The van der Waals surface area contributed by atoms with Crippen LogP contribution in [0.5, 0.6) is 0 Å². The molecule has 0 spiro atoms. The number of rotatable bonds is 4. The Morgan fingerprint density at radius 3 is 2.85 bits per heavy atom. The van der Waals surface area contributed by atoms with E-state index in [1.807, 2.05) is 31.3 Å². The van der Waals surface area contributed by atoms with Crippen LogP contribution in [0.2, 0.25) is 5.02 Å². The minimum absolute atomic E-state index is 0. The lowest BCUT2D eigenvalue weighted by Crippen LogP contribution is -2.27. The van der Waals surface area contributed by atoms with Gasteiger partial charge in [0.05, 0.1) is 0 Å². The number of carbonyl (C=O) groups is 1. The Labute approximate surface area is 164 Å². The van der Waals surface area contributed by atoms with Crippen LogP contribution in [-0.4, -0.2) is 33.8 Å². The number of hydrogen-bond acceptors (Lipinski definition) is 4. The molecule has 2 unspecified atom stereocenters. The molecule has 2 heterocycles. The van der Waals surface area contributed by atoms with E-state index in [0.717, 1.165) is 43.7 Å². The van der Waals surface area contributed by atoms with Crippen molar-refractivity contribution in [3.05, 3.63) is 40.7 Å². The molecule has 1 aromatic carbocycles. The van der Waals surface area contributed by atoms with Gasteiger partial charge in [0.1, 0.15) is 0 Å². The first-order valence-electron chi connectivity index (χ1n) is 8.80. The van der Waals surface area contributed by atoms with E-state index in [-0.39, 0.29) is 30.2 Å². The van der Waals surface area contributed by atoms with E-state index in [4.69, 9.17) is 11.6 Å². The van der Waals surface area contributed by atoms with Gasteiger partial charge in [0.2, 0.25) is 11.9 Å². The van der Waals surface area contributed by atoms with Crippen molar-refractivity contribution in [1.29, 1.82) is 0 Å². The standard InChI is InChI=1S/C18H22ClN5O.ClH/c1-24-18(21-16(23-24)11-5-7-20-8-6-11)22-17(25)15-10-14(15)12-3-2-4-13(19)9-12;/h2-4,9,11,14-15,20H,5-8,10H2,1H3,(H,21,22,23,25);1H. The first-order chi connectivity index (χ1) is 12.1.